The van der Waals surface area contributed by atoms with Crippen LogP contribution >= 0.6 is 23.1 Å². The number of carbonyl (C=O) groups excluding carboxylic acids is 5. The first-order valence-electron chi connectivity index (χ1n) is 26.7. The molecule has 0 spiro atoms. The van der Waals surface area contributed by atoms with Crippen molar-refractivity contribution in [3.05, 3.63) is 141 Å². The highest BCUT2D eigenvalue weighted by Gasteiger charge is 2.55. The maximum atomic E-state index is 14.5. The molecule has 4 heterocycles. The fraction of sp³-hybridized carbons (Fsp3) is 0.426. The van der Waals surface area contributed by atoms with Crippen LogP contribution in [-0.4, -0.2) is 119 Å². The number of nitrogens with zero attached hydrogens (tertiary/aromatic N) is 4. The predicted molar refractivity (Wildman–Crippen MR) is 304 cm³/mol. The third-order valence-corrected chi connectivity index (χ3v) is 16.3. The first-order chi connectivity index (χ1) is 38.3. The molecule has 8 rings (SSSR count). The summed E-state index contributed by atoms with van der Waals surface area (Å²) in [6, 6.07) is 28.1. The summed E-state index contributed by atoms with van der Waals surface area (Å²) in [5, 5.41) is 5.99. The number of quaternary nitrogens is 1. The summed E-state index contributed by atoms with van der Waals surface area (Å²) < 4.78 is 40.7. The lowest BCUT2D eigenvalue weighted by atomic mass is 9.89. The first kappa shape index (κ1) is 58.9. The summed E-state index contributed by atoms with van der Waals surface area (Å²) in [4.78, 5) is 82.3. The lowest BCUT2D eigenvalue weighted by Gasteiger charge is -2.50. The van der Waals surface area contributed by atoms with E-state index in [2.05, 4.69) is 10.1 Å². The summed E-state index contributed by atoms with van der Waals surface area (Å²) >= 11 is 2.81. The molecular weight excluding hydrogens is 1060 g/mol. The largest absolute Gasteiger partial charge is 0.497 e. The van der Waals surface area contributed by atoms with Crippen LogP contribution in [0, 0.1) is 12.8 Å². The second-order valence-corrected chi connectivity index (χ2v) is 23.9. The van der Waals surface area contributed by atoms with Gasteiger partial charge in [-0.15, -0.1) is 23.1 Å². The number of benzene rings is 4. The highest BCUT2D eigenvalue weighted by Crippen LogP contribution is 2.46. The van der Waals surface area contributed by atoms with Crippen LogP contribution in [0.15, 0.2) is 113 Å². The summed E-state index contributed by atoms with van der Waals surface area (Å²) in [6.45, 7) is 13.1. The first-order valence-corrected chi connectivity index (χ1v) is 28.6. The number of carbonyl (C=O) groups is 5. The quantitative estimate of drug-likeness (QED) is 0.0167. The van der Waals surface area contributed by atoms with Gasteiger partial charge < -0.3 is 42.5 Å². The third-order valence-electron chi connectivity index (χ3n) is 14.1. The van der Waals surface area contributed by atoms with Gasteiger partial charge >= 0.3 is 11.9 Å². The number of amides is 1. The SMILES string of the molecule is COc1ccc(COC(=O)C2=C(C[N+]3(CCC(=O)Cc4ccc(OCc5ccc(OC)cc5)c(OCc5ccc(OC)cc5)c4)CCCC3)CSC3C(CC(=O)/C(=N\OC(C)(C)C(=O)OC(C)(C)C)c4csc(C)n4)C(=O)N23)cc1. The molecule has 3 aliphatic heterocycles. The molecule has 17 nitrogen and oxygen atoms in total. The van der Waals surface area contributed by atoms with Crippen molar-refractivity contribution < 1.29 is 66.5 Å². The van der Waals surface area contributed by atoms with Crippen molar-refractivity contribution in [2.24, 2.45) is 11.1 Å². The van der Waals surface area contributed by atoms with E-state index in [1.807, 2.05) is 78.9 Å². The van der Waals surface area contributed by atoms with Gasteiger partial charge in [-0.2, -0.15) is 0 Å². The molecule has 80 heavy (non-hydrogen) atoms. The molecule has 3 aliphatic rings. The number of likely N-dealkylation sites (tertiary alicyclic amines) is 1. The van der Waals surface area contributed by atoms with Gasteiger partial charge in [0.25, 0.3) is 0 Å². The van der Waals surface area contributed by atoms with Crippen LogP contribution in [0.5, 0.6) is 28.7 Å². The molecule has 2 fully saturated rings. The molecule has 2 saturated heterocycles. The number of oxime groups is 1. The van der Waals surface area contributed by atoms with Gasteiger partial charge in [0, 0.05) is 42.4 Å². The van der Waals surface area contributed by atoms with Crippen LogP contribution in [0.1, 0.15) is 93.3 Å². The van der Waals surface area contributed by atoms with E-state index in [9.17, 15) is 24.0 Å². The van der Waals surface area contributed by atoms with Crippen LogP contribution in [0.3, 0.4) is 0 Å². The molecule has 2 unspecified atom stereocenters. The zero-order valence-electron chi connectivity index (χ0n) is 47.0. The van der Waals surface area contributed by atoms with Crippen LogP contribution in [0.2, 0.25) is 0 Å². The fourth-order valence-electron chi connectivity index (χ4n) is 9.68. The van der Waals surface area contributed by atoms with Crippen LogP contribution in [0.25, 0.3) is 0 Å². The Morgan fingerprint density at radius 2 is 1.31 bits per heavy atom. The van der Waals surface area contributed by atoms with E-state index < -0.39 is 46.1 Å². The number of Topliss-reactive ketones (excluding diaryl/α,β-unsaturated/α-hetero) is 2. The number of thiazole rings is 1. The Balaban J connectivity index is 0.993. The van der Waals surface area contributed by atoms with Crippen LogP contribution in [0.4, 0.5) is 0 Å². The van der Waals surface area contributed by atoms with E-state index in [-0.39, 0.29) is 55.4 Å². The Hall–Kier alpha value is -7.22. The molecule has 424 valence electrons. The second-order valence-electron chi connectivity index (χ2n) is 21.7. The number of β-lactam (4-membered cyclic amide) rings is 1. The predicted octanol–water partition coefficient (Wildman–Crippen LogP) is 9.78. The summed E-state index contributed by atoms with van der Waals surface area (Å²) in [6.07, 6.45) is 2.09. The van der Waals surface area contributed by atoms with Gasteiger partial charge in [0.05, 0.1) is 63.7 Å². The number of rotatable bonds is 26. The summed E-state index contributed by atoms with van der Waals surface area (Å²) in [7, 11) is 4.82. The van der Waals surface area contributed by atoms with Gasteiger partial charge in [0.15, 0.2) is 23.0 Å². The number of aromatic nitrogens is 1. The third kappa shape index (κ3) is 15.0. The van der Waals surface area contributed by atoms with Crippen molar-refractivity contribution >= 4 is 58.2 Å². The molecule has 0 N–H and O–H groups in total. The Labute approximate surface area is 476 Å². The van der Waals surface area contributed by atoms with E-state index >= 15 is 0 Å². The zero-order chi connectivity index (χ0) is 57.2. The fourth-order valence-corrected chi connectivity index (χ4v) is 11.7. The molecule has 19 heteroatoms. The average Bonchev–Trinajstić information content (AvgIpc) is 4.15. The maximum absolute atomic E-state index is 14.5. The number of hydrogen-bond donors (Lipinski definition) is 0. The maximum Gasteiger partial charge on any atom is 0.355 e. The zero-order valence-corrected chi connectivity index (χ0v) is 48.6. The smallest absolute Gasteiger partial charge is 0.355 e. The van der Waals surface area contributed by atoms with Gasteiger partial charge in [-0.3, -0.25) is 19.3 Å². The molecule has 0 saturated carbocycles. The van der Waals surface area contributed by atoms with Crippen molar-refractivity contribution in [1.82, 2.24) is 9.88 Å². The number of methoxy groups -OCH3 is 3. The molecular formula is C61H71N4O13S2+. The standard InChI is InChI=1S/C61H71N4O13S2/c1-39-62-50(38-79-39)54(63-78-61(5,6)59(70)77-60(2,3)4)51(67)32-49-56(68)64-55(58(69)76-36-42-16-23-48(73-9)24-17-42)44(37-80-57(49)64)33-65(27-10-11-28-65)29-26-45(66)30-43-18-25-52(74-34-40-12-19-46(71-7)20-13-40)53(31-43)75-35-41-14-21-47(72-8)22-15-41/h12-25,31,38,49,57H,10-11,26-30,32-37H2,1-9H3/q+1/b63-54-. The highest BCUT2D eigenvalue weighted by atomic mass is 32.2. The minimum atomic E-state index is -1.56. The minimum absolute atomic E-state index is 0.0492. The van der Waals surface area contributed by atoms with Gasteiger partial charge in [0.1, 0.15) is 66.4 Å². The monoisotopic (exact) mass is 1130 g/mol. The van der Waals surface area contributed by atoms with E-state index in [0.717, 1.165) is 65.3 Å². The molecule has 0 bridgehead atoms. The molecule has 1 amide bonds. The molecule has 4 aromatic carbocycles. The second kappa shape index (κ2) is 25.9. The minimum Gasteiger partial charge on any atom is -0.497 e. The lowest BCUT2D eigenvalue weighted by molar-refractivity contribution is -0.911. The van der Waals surface area contributed by atoms with Crippen molar-refractivity contribution in [3.8, 4) is 28.7 Å². The molecule has 0 radical (unpaired) electrons. The highest BCUT2D eigenvalue weighted by molar-refractivity contribution is 8.00. The number of aryl methyl sites for hydroxylation is 1. The summed E-state index contributed by atoms with van der Waals surface area (Å²) in [5.74, 6) is 0.602. The Kier molecular flexibility index (Phi) is 19.1. The van der Waals surface area contributed by atoms with Gasteiger partial charge in [-0.05, 0) is 112 Å². The Morgan fingerprint density at radius 3 is 1.86 bits per heavy atom. The molecule has 5 aromatic rings. The van der Waals surface area contributed by atoms with E-state index in [4.69, 9.17) is 38.0 Å². The van der Waals surface area contributed by atoms with Crippen molar-refractivity contribution in [2.45, 2.75) is 110 Å². The van der Waals surface area contributed by atoms with Crippen molar-refractivity contribution in [1.29, 1.82) is 0 Å². The number of fused-ring (bicyclic) bond motifs is 1. The van der Waals surface area contributed by atoms with Crippen LogP contribution < -0.4 is 23.7 Å². The topological polar surface area (TPSA) is 188 Å². The van der Waals surface area contributed by atoms with E-state index in [1.54, 1.807) is 66.5 Å². The van der Waals surface area contributed by atoms with Gasteiger partial charge in [-0.1, -0.05) is 47.6 Å². The van der Waals surface area contributed by atoms with Crippen molar-refractivity contribution in [3.63, 3.8) is 0 Å². The van der Waals surface area contributed by atoms with E-state index in [1.165, 1.54) is 41.8 Å². The van der Waals surface area contributed by atoms with Crippen LogP contribution in [-0.2, 0) is 64.5 Å². The van der Waals surface area contributed by atoms with Crippen molar-refractivity contribution in [2.75, 3.05) is 53.3 Å². The van der Waals surface area contributed by atoms with Gasteiger partial charge in [0.2, 0.25) is 11.5 Å². The van der Waals surface area contributed by atoms with Gasteiger partial charge in [-0.25, -0.2) is 14.6 Å². The summed E-state index contributed by atoms with van der Waals surface area (Å²) in [5.41, 5.74) is 2.10. The number of ether oxygens (including phenoxy) is 7. The Morgan fingerprint density at radius 1 is 0.750 bits per heavy atom. The van der Waals surface area contributed by atoms with E-state index in [0.29, 0.717) is 52.2 Å². The molecule has 1 aromatic heterocycles. The number of thioether (sulfide) groups is 1. The molecule has 0 aliphatic carbocycles. The average molecular weight is 1130 g/mol. The molecule has 2 atom stereocenters. The number of ketones is 2. The number of esters is 2. The normalized spacial score (nSPS) is 17.0. The lowest BCUT2D eigenvalue weighted by Crippen LogP contribution is -2.63. The Bertz CT molecular complexity index is 3090. The number of hydrogen-bond acceptors (Lipinski definition) is 17.